The molecule has 2 heterocycles. The van der Waals surface area contributed by atoms with E-state index in [9.17, 15) is 4.79 Å². The summed E-state index contributed by atoms with van der Waals surface area (Å²) in [4.78, 5) is 14.5. The maximum atomic E-state index is 12.2. The van der Waals surface area contributed by atoms with Crippen LogP contribution < -0.4 is 10.1 Å². The van der Waals surface area contributed by atoms with Crippen molar-refractivity contribution in [3.05, 3.63) is 29.1 Å². The predicted molar refractivity (Wildman–Crippen MR) is 96.4 cm³/mol. The van der Waals surface area contributed by atoms with Crippen LogP contribution in [0.1, 0.15) is 25.1 Å². The molecular weight excluding hydrogens is 322 g/mol. The number of amides is 1. The van der Waals surface area contributed by atoms with Gasteiger partial charge in [0, 0.05) is 11.9 Å². The first kappa shape index (κ1) is 16.3. The third kappa shape index (κ3) is 2.83. The normalized spacial score (nSPS) is 20.5. The van der Waals surface area contributed by atoms with Crippen molar-refractivity contribution in [3.63, 3.8) is 0 Å². The van der Waals surface area contributed by atoms with Crippen LogP contribution in [0, 0.1) is 17.3 Å². The Morgan fingerprint density at radius 1 is 1.50 bits per heavy atom. The number of fused-ring (bicyclic) bond motifs is 1. The molecule has 0 saturated carbocycles. The first-order valence-corrected chi connectivity index (χ1v) is 8.45. The van der Waals surface area contributed by atoms with Crippen LogP contribution in [0.3, 0.4) is 0 Å². The summed E-state index contributed by atoms with van der Waals surface area (Å²) in [5.74, 6) is 6.57. The fraction of sp³-hybridized carbons (Fsp3) is 0.333. The Morgan fingerprint density at radius 2 is 2.29 bits per heavy atom. The van der Waals surface area contributed by atoms with Gasteiger partial charge in [0.2, 0.25) is 5.91 Å². The summed E-state index contributed by atoms with van der Waals surface area (Å²) in [5.41, 5.74) is -0.579. The van der Waals surface area contributed by atoms with Gasteiger partial charge >= 0.3 is 0 Å². The topological polar surface area (TPSA) is 65.4 Å². The minimum Gasteiger partial charge on any atom is -0.479 e. The van der Waals surface area contributed by atoms with Crippen LogP contribution in [0.4, 0.5) is 0 Å². The molecule has 1 amide bonds. The molecule has 1 aromatic carbocycles. The highest BCUT2D eigenvalue weighted by molar-refractivity contribution is 7.19. The van der Waals surface area contributed by atoms with Crippen molar-refractivity contribution in [2.45, 2.75) is 25.8 Å². The molecule has 1 atom stereocenters. The lowest BCUT2D eigenvalue weighted by Gasteiger charge is -2.38. The molecule has 2 aromatic rings. The lowest BCUT2D eigenvalue weighted by Crippen LogP contribution is -2.57. The van der Waals surface area contributed by atoms with Gasteiger partial charge in [0.25, 0.3) is 0 Å². The number of benzene rings is 1. The van der Waals surface area contributed by atoms with E-state index in [1.165, 1.54) is 4.90 Å². The number of nitrogens with one attached hydrogen (secondary N) is 2. The Kier molecular flexibility index (Phi) is 4.20. The van der Waals surface area contributed by atoms with Crippen LogP contribution >= 0.6 is 11.3 Å². The van der Waals surface area contributed by atoms with Crippen molar-refractivity contribution in [1.29, 1.82) is 5.41 Å². The number of nitrogens with zero attached hydrogens (tertiary/aromatic N) is 1. The molecule has 24 heavy (non-hydrogen) atoms. The molecule has 5 nitrogen and oxygen atoms in total. The lowest BCUT2D eigenvalue weighted by molar-refractivity contribution is -0.129. The van der Waals surface area contributed by atoms with Crippen LogP contribution in [0.5, 0.6) is 5.75 Å². The van der Waals surface area contributed by atoms with Crippen molar-refractivity contribution in [3.8, 4) is 17.6 Å². The highest BCUT2D eigenvalue weighted by atomic mass is 32.1. The van der Waals surface area contributed by atoms with Crippen molar-refractivity contribution in [2.75, 3.05) is 13.7 Å². The smallest absolute Gasteiger partial charge is 0.231 e. The van der Waals surface area contributed by atoms with Crippen LogP contribution in [-0.4, -0.2) is 30.4 Å². The predicted octanol–water partition coefficient (Wildman–Crippen LogP) is 2.91. The van der Waals surface area contributed by atoms with E-state index in [2.05, 4.69) is 23.2 Å². The number of guanidine groups is 1. The Balaban J connectivity index is 1.98. The summed E-state index contributed by atoms with van der Waals surface area (Å²) in [6, 6.07) is 7.97. The molecular formula is C18H19N3O2S. The second-order valence-corrected chi connectivity index (χ2v) is 6.99. The number of hydrogen-bond acceptors (Lipinski definition) is 4. The average Bonchev–Trinajstić information content (AvgIpc) is 2.99. The van der Waals surface area contributed by atoms with Gasteiger partial charge in [-0.15, -0.1) is 17.3 Å². The molecule has 2 N–H and O–H groups in total. The summed E-state index contributed by atoms with van der Waals surface area (Å²) in [6.07, 6.45) is 0.316. The number of ether oxygens (including phenoxy) is 1. The molecule has 1 aliphatic heterocycles. The number of carbonyl (C=O) groups is 1. The lowest BCUT2D eigenvalue weighted by atomic mass is 9.93. The molecule has 1 saturated heterocycles. The Labute approximate surface area is 145 Å². The fourth-order valence-electron chi connectivity index (χ4n) is 2.69. The van der Waals surface area contributed by atoms with Crippen LogP contribution in [0.15, 0.2) is 24.3 Å². The minimum atomic E-state index is -0.579. The molecule has 0 aliphatic carbocycles. The quantitative estimate of drug-likeness (QED) is 0.844. The van der Waals surface area contributed by atoms with E-state index in [-0.39, 0.29) is 11.9 Å². The fourth-order valence-corrected chi connectivity index (χ4v) is 3.92. The first-order chi connectivity index (χ1) is 11.4. The molecule has 1 unspecified atom stereocenters. The maximum Gasteiger partial charge on any atom is 0.231 e. The molecule has 0 radical (unpaired) electrons. The average molecular weight is 341 g/mol. The number of thiophene rings is 1. The van der Waals surface area contributed by atoms with Gasteiger partial charge in [-0.3, -0.25) is 15.1 Å². The van der Waals surface area contributed by atoms with E-state index < -0.39 is 5.54 Å². The van der Waals surface area contributed by atoms with E-state index in [0.29, 0.717) is 13.0 Å². The summed E-state index contributed by atoms with van der Waals surface area (Å²) in [5, 5.41) is 12.2. The van der Waals surface area contributed by atoms with Crippen LogP contribution in [0.25, 0.3) is 10.1 Å². The first-order valence-electron chi connectivity index (χ1n) is 7.63. The Hall–Kier alpha value is -2.52. The number of rotatable bonds is 3. The van der Waals surface area contributed by atoms with Crippen molar-refractivity contribution in [1.82, 2.24) is 10.2 Å². The molecule has 6 heteroatoms. The number of hydrogen-bond donors (Lipinski definition) is 2. The number of carbonyl (C=O) groups excluding carboxylic acids is 1. The summed E-state index contributed by atoms with van der Waals surface area (Å²) in [6.45, 7) is 4.10. The zero-order valence-electron chi connectivity index (χ0n) is 13.9. The molecule has 1 fully saturated rings. The van der Waals surface area contributed by atoms with Crippen molar-refractivity contribution in [2.24, 2.45) is 0 Å². The summed E-state index contributed by atoms with van der Waals surface area (Å²) >= 11 is 1.59. The van der Waals surface area contributed by atoms with Gasteiger partial charge in [0.05, 0.1) is 16.7 Å². The highest BCUT2D eigenvalue weighted by Gasteiger charge is 2.39. The van der Waals surface area contributed by atoms with Gasteiger partial charge in [-0.2, -0.15) is 0 Å². The molecule has 0 bridgehead atoms. The minimum absolute atomic E-state index is 0.0617. The zero-order valence-corrected chi connectivity index (χ0v) is 14.7. The Morgan fingerprint density at radius 3 is 3.00 bits per heavy atom. The van der Waals surface area contributed by atoms with Gasteiger partial charge in [-0.1, -0.05) is 18.1 Å². The summed E-state index contributed by atoms with van der Waals surface area (Å²) in [7, 11) is 1.61. The van der Waals surface area contributed by atoms with E-state index in [4.69, 9.17) is 10.1 Å². The third-order valence-corrected chi connectivity index (χ3v) is 5.57. The third-order valence-electron chi connectivity index (χ3n) is 4.14. The van der Waals surface area contributed by atoms with Crippen LogP contribution in [-0.2, 0) is 10.3 Å². The van der Waals surface area contributed by atoms with Gasteiger partial charge in [0.1, 0.15) is 12.4 Å². The van der Waals surface area contributed by atoms with E-state index >= 15 is 0 Å². The van der Waals surface area contributed by atoms with Crippen molar-refractivity contribution >= 4 is 33.3 Å². The van der Waals surface area contributed by atoms with Crippen molar-refractivity contribution < 1.29 is 9.53 Å². The van der Waals surface area contributed by atoms with Gasteiger partial charge in [-0.05, 0) is 31.4 Å². The highest BCUT2D eigenvalue weighted by Crippen LogP contribution is 2.40. The molecule has 1 aromatic heterocycles. The zero-order chi connectivity index (χ0) is 17.3. The molecule has 124 valence electrons. The maximum absolute atomic E-state index is 12.2. The second kappa shape index (κ2) is 6.17. The van der Waals surface area contributed by atoms with Gasteiger partial charge < -0.3 is 10.1 Å². The van der Waals surface area contributed by atoms with Gasteiger partial charge in [-0.25, -0.2) is 0 Å². The second-order valence-electron chi connectivity index (χ2n) is 5.94. The van der Waals surface area contributed by atoms with Crippen LogP contribution in [0.2, 0.25) is 0 Å². The standard InChI is InChI=1S/C18H19N3O2S/c1-4-5-9-23-13-8-6-7-12-10-14(24-16(12)13)18(2)11-15(22)21(3)17(19)20-18/h6-8,10H,9,11H2,1-3H3,(H2,19,20). The molecule has 0 spiro atoms. The molecule has 1 aliphatic rings. The Bertz CT molecular complexity index is 857. The monoisotopic (exact) mass is 341 g/mol. The van der Waals surface area contributed by atoms with E-state index in [1.807, 2.05) is 25.1 Å². The van der Waals surface area contributed by atoms with E-state index in [1.54, 1.807) is 25.3 Å². The molecule has 3 rings (SSSR count). The van der Waals surface area contributed by atoms with Gasteiger partial charge in [0.15, 0.2) is 5.96 Å². The largest absolute Gasteiger partial charge is 0.479 e. The van der Waals surface area contributed by atoms with E-state index in [0.717, 1.165) is 20.7 Å². The summed E-state index contributed by atoms with van der Waals surface area (Å²) < 4.78 is 6.79. The SMILES string of the molecule is CC#CCOc1cccc2cc(C3(C)CC(=O)N(C)C(=N)N3)sc12.